The van der Waals surface area contributed by atoms with Gasteiger partial charge >= 0.3 is 5.97 Å². The van der Waals surface area contributed by atoms with Crippen molar-refractivity contribution in [2.45, 2.75) is 13.5 Å². The summed E-state index contributed by atoms with van der Waals surface area (Å²) in [5, 5.41) is 3.07. The van der Waals surface area contributed by atoms with Crippen molar-refractivity contribution >= 4 is 33.8 Å². The molecule has 0 bridgehead atoms. The lowest BCUT2D eigenvalue weighted by Crippen LogP contribution is -2.08. The largest absolute Gasteiger partial charge is 0.497 e. The number of aromatic nitrogens is 2. The zero-order chi connectivity index (χ0) is 17.1. The standard InChI is InChI=1S/C16H15N3O3S2/c1-9-13(14(17)24-19-9)16(20)22-7-11-8-23-15(18-11)10-4-3-5-12(6-10)21-2/h3-6,8H,7,17H2,1-2H3. The molecule has 0 spiro atoms. The third-order valence-electron chi connectivity index (χ3n) is 3.31. The second-order valence-electron chi connectivity index (χ2n) is 4.96. The first-order valence-corrected chi connectivity index (χ1v) is 8.71. The third kappa shape index (κ3) is 3.39. The smallest absolute Gasteiger partial charge is 0.343 e. The van der Waals surface area contributed by atoms with Crippen LogP contribution in [0.3, 0.4) is 0 Å². The Morgan fingerprint density at radius 2 is 2.21 bits per heavy atom. The minimum Gasteiger partial charge on any atom is -0.497 e. The van der Waals surface area contributed by atoms with Gasteiger partial charge in [0.05, 0.1) is 18.5 Å². The first-order chi connectivity index (χ1) is 11.6. The summed E-state index contributed by atoms with van der Waals surface area (Å²) >= 11 is 2.57. The van der Waals surface area contributed by atoms with E-state index >= 15 is 0 Å². The molecule has 0 amide bonds. The van der Waals surface area contributed by atoms with E-state index in [9.17, 15) is 4.79 Å². The van der Waals surface area contributed by atoms with Crippen molar-refractivity contribution in [1.29, 1.82) is 0 Å². The van der Waals surface area contributed by atoms with Crippen LogP contribution >= 0.6 is 22.9 Å². The van der Waals surface area contributed by atoms with Gasteiger partial charge in [-0.3, -0.25) is 0 Å². The van der Waals surface area contributed by atoms with E-state index in [1.165, 1.54) is 11.3 Å². The minimum absolute atomic E-state index is 0.0913. The van der Waals surface area contributed by atoms with Gasteiger partial charge in [-0.1, -0.05) is 12.1 Å². The molecule has 0 aliphatic carbocycles. The molecule has 2 aromatic heterocycles. The third-order valence-corrected chi connectivity index (χ3v) is 5.02. The van der Waals surface area contributed by atoms with Crippen molar-refractivity contribution in [2.75, 3.05) is 12.8 Å². The van der Waals surface area contributed by atoms with Gasteiger partial charge in [0.25, 0.3) is 0 Å². The van der Waals surface area contributed by atoms with Gasteiger partial charge in [-0.15, -0.1) is 11.3 Å². The molecule has 0 unspecified atom stereocenters. The molecule has 2 N–H and O–H groups in total. The van der Waals surface area contributed by atoms with Crippen LogP contribution in [0.2, 0.25) is 0 Å². The van der Waals surface area contributed by atoms with E-state index in [1.807, 2.05) is 29.6 Å². The first kappa shape index (κ1) is 16.4. The van der Waals surface area contributed by atoms with Crippen LogP contribution in [0, 0.1) is 6.92 Å². The number of nitrogen functional groups attached to an aromatic ring is 1. The van der Waals surface area contributed by atoms with Crippen LogP contribution in [0.4, 0.5) is 5.00 Å². The summed E-state index contributed by atoms with van der Waals surface area (Å²) in [7, 11) is 1.62. The van der Waals surface area contributed by atoms with Crippen LogP contribution in [-0.4, -0.2) is 22.4 Å². The fraction of sp³-hybridized carbons (Fsp3) is 0.188. The number of ether oxygens (including phenoxy) is 2. The normalized spacial score (nSPS) is 10.6. The molecule has 0 atom stereocenters. The summed E-state index contributed by atoms with van der Waals surface area (Å²) in [5.41, 5.74) is 8.31. The molecule has 124 valence electrons. The lowest BCUT2D eigenvalue weighted by atomic mass is 10.2. The number of nitrogens with zero attached hydrogens (tertiary/aromatic N) is 2. The van der Waals surface area contributed by atoms with Gasteiger partial charge < -0.3 is 15.2 Å². The predicted octanol–water partition coefficient (Wildman–Crippen LogP) is 3.52. The number of methoxy groups -OCH3 is 1. The van der Waals surface area contributed by atoms with Crippen LogP contribution in [0.25, 0.3) is 10.6 Å². The zero-order valence-electron chi connectivity index (χ0n) is 13.1. The maximum atomic E-state index is 12.1. The number of hydrogen-bond acceptors (Lipinski definition) is 8. The number of aryl methyl sites for hydroxylation is 1. The molecule has 24 heavy (non-hydrogen) atoms. The number of carbonyl (C=O) groups is 1. The van der Waals surface area contributed by atoms with Crippen LogP contribution in [0.1, 0.15) is 21.7 Å². The van der Waals surface area contributed by atoms with Crippen molar-refractivity contribution in [3.63, 3.8) is 0 Å². The highest BCUT2D eigenvalue weighted by molar-refractivity contribution is 7.13. The summed E-state index contributed by atoms with van der Waals surface area (Å²) in [6, 6.07) is 7.65. The van der Waals surface area contributed by atoms with Gasteiger partial charge in [0.2, 0.25) is 0 Å². The number of thiazole rings is 1. The van der Waals surface area contributed by atoms with E-state index in [2.05, 4.69) is 9.36 Å². The van der Waals surface area contributed by atoms with Crippen molar-refractivity contribution < 1.29 is 14.3 Å². The minimum atomic E-state index is -0.477. The SMILES string of the molecule is COc1cccc(-c2nc(COC(=O)c3c(C)nsc3N)cs2)c1. The Morgan fingerprint density at radius 1 is 1.38 bits per heavy atom. The first-order valence-electron chi connectivity index (χ1n) is 7.06. The average Bonchev–Trinajstić information content (AvgIpc) is 3.19. The Balaban J connectivity index is 1.69. The lowest BCUT2D eigenvalue weighted by Gasteiger charge is -2.03. The second-order valence-corrected chi connectivity index (χ2v) is 6.62. The lowest BCUT2D eigenvalue weighted by molar-refractivity contribution is 0.0469. The van der Waals surface area contributed by atoms with Gasteiger partial charge in [-0.25, -0.2) is 9.78 Å². The van der Waals surface area contributed by atoms with E-state index in [1.54, 1.807) is 14.0 Å². The predicted molar refractivity (Wildman–Crippen MR) is 94.5 cm³/mol. The molecule has 0 radical (unpaired) electrons. The molecule has 0 saturated carbocycles. The molecule has 0 aliphatic heterocycles. The van der Waals surface area contributed by atoms with E-state index in [0.717, 1.165) is 27.9 Å². The topological polar surface area (TPSA) is 87.3 Å². The van der Waals surface area contributed by atoms with E-state index < -0.39 is 5.97 Å². The maximum absolute atomic E-state index is 12.1. The van der Waals surface area contributed by atoms with E-state index in [4.69, 9.17) is 15.2 Å². The second kappa shape index (κ2) is 6.98. The summed E-state index contributed by atoms with van der Waals surface area (Å²) in [6.07, 6.45) is 0. The molecule has 0 fully saturated rings. The monoisotopic (exact) mass is 361 g/mol. The maximum Gasteiger partial charge on any atom is 0.343 e. The molecular formula is C16H15N3O3S2. The van der Waals surface area contributed by atoms with Crippen molar-refractivity contribution in [1.82, 2.24) is 9.36 Å². The molecule has 0 aliphatic rings. The molecule has 3 rings (SSSR count). The number of carbonyl (C=O) groups excluding carboxylic acids is 1. The number of esters is 1. The van der Waals surface area contributed by atoms with Crippen LogP contribution < -0.4 is 10.5 Å². The van der Waals surface area contributed by atoms with Crippen molar-refractivity contribution in [2.24, 2.45) is 0 Å². The summed E-state index contributed by atoms with van der Waals surface area (Å²) in [4.78, 5) is 16.6. The van der Waals surface area contributed by atoms with Crippen LogP contribution in [0.5, 0.6) is 5.75 Å². The molecule has 6 nitrogen and oxygen atoms in total. The molecular weight excluding hydrogens is 346 g/mol. The highest BCUT2D eigenvalue weighted by Crippen LogP contribution is 2.27. The highest BCUT2D eigenvalue weighted by Gasteiger charge is 2.18. The molecule has 0 saturated heterocycles. The molecule has 1 aromatic carbocycles. The van der Waals surface area contributed by atoms with Gasteiger partial charge in [0.15, 0.2) is 0 Å². The van der Waals surface area contributed by atoms with Gasteiger partial charge in [0, 0.05) is 10.9 Å². The Kier molecular flexibility index (Phi) is 4.77. The number of benzene rings is 1. The van der Waals surface area contributed by atoms with E-state index in [-0.39, 0.29) is 6.61 Å². The van der Waals surface area contributed by atoms with Gasteiger partial charge in [-0.05, 0) is 30.6 Å². The molecule has 3 aromatic rings. The fourth-order valence-corrected chi connectivity index (χ4v) is 3.56. The van der Waals surface area contributed by atoms with Crippen LogP contribution in [-0.2, 0) is 11.3 Å². The van der Waals surface area contributed by atoms with Gasteiger partial charge in [0.1, 0.15) is 27.9 Å². The molecule has 2 heterocycles. The van der Waals surface area contributed by atoms with E-state index in [0.29, 0.717) is 22.0 Å². The highest BCUT2D eigenvalue weighted by atomic mass is 32.1. The number of anilines is 1. The van der Waals surface area contributed by atoms with Gasteiger partial charge in [-0.2, -0.15) is 4.37 Å². The Bertz CT molecular complexity index is 854. The van der Waals surface area contributed by atoms with Crippen LogP contribution in [0.15, 0.2) is 29.6 Å². The summed E-state index contributed by atoms with van der Waals surface area (Å²) < 4.78 is 14.6. The quantitative estimate of drug-likeness (QED) is 0.700. The Labute approximate surface area is 147 Å². The average molecular weight is 361 g/mol. The number of hydrogen-bond donors (Lipinski definition) is 1. The van der Waals surface area contributed by atoms with Crippen molar-refractivity contribution in [3.8, 4) is 16.3 Å². The number of rotatable bonds is 5. The molecule has 8 heteroatoms. The zero-order valence-corrected chi connectivity index (χ0v) is 14.7. The fourth-order valence-electron chi connectivity index (χ4n) is 2.11. The Hall–Kier alpha value is -2.45. The van der Waals surface area contributed by atoms with Crippen molar-refractivity contribution in [3.05, 3.63) is 46.6 Å². The Morgan fingerprint density at radius 3 is 2.92 bits per heavy atom. The summed E-state index contributed by atoms with van der Waals surface area (Å²) in [5.74, 6) is 0.293. The summed E-state index contributed by atoms with van der Waals surface area (Å²) in [6.45, 7) is 1.82. The number of nitrogens with two attached hydrogens (primary N) is 1.